The normalized spacial score (nSPS) is 12.4. The number of imidazole rings is 2. The van der Waals surface area contributed by atoms with E-state index in [-0.39, 0.29) is 48.0 Å². The minimum Gasteiger partial charge on any atom is -0.493 e. The zero-order chi connectivity index (χ0) is 39.2. The monoisotopic (exact) mass is 904 g/mol. The molecule has 19 heteroatoms. The molecule has 0 bridgehead atoms. The molecule has 6 heterocycles. The van der Waals surface area contributed by atoms with Crippen LogP contribution < -0.4 is 20.5 Å². The first-order valence-electron chi connectivity index (χ1n) is 16.9. The SMILES string of the molecule is CCOC(=O)c1cn2c(Cl)ncc(Br)c2n1.CCOC(=O)c1cn2c(NCc3c(F)ccc4c3CCO4)ncc(Br)c2n1.NCc1c(F)ccc2c1CCO2. The van der Waals surface area contributed by atoms with Crippen LogP contribution in [0.3, 0.4) is 0 Å². The van der Waals surface area contributed by atoms with Gasteiger partial charge in [-0.05, 0) is 81.6 Å². The van der Waals surface area contributed by atoms with Gasteiger partial charge in [0, 0.05) is 73.0 Å². The van der Waals surface area contributed by atoms with Gasteiger partial charge < -0.3 is 30.0 Å². The van der Waals surface area contributed by atoms with Crippen molar-refractivity contribution in [3.05, 3.63) is 109 Å². The maximum absolute atomic E-state index is 14.3. The van der Waals surface area contributed by atoms with E-state index < -0.39 is 11.9 Å². The molecular weight excluding hydrogens is 874 g/mol. The van der Waals surface area contributed by atoms with Gasteiger partial charge >= 0.3 is 11.9 Å². The van der Waals surface area contributed by atoms with E-state index in [4.69, 9.17) is 36.3 Å². The van der Waals surface area contributed by atoms with E-state index in [2.05, 4.69) is 57.1 Å². The van der Waals surface area contributed by atoms with Gasteiger partial charge in [-0.2, -0.15) is 0 Å². The molecule has 0 aliphatic carbocycles. The fourth-order valence-electron chi connectivity index (χ4n) is 5.81. The van der Waals surface area contributed by atoms with Gasteiger partial charge in [0.1, 0.15) is 23.1 Å². The summed E-state index contributed by atoms with van der Waals surface area (Å²) < 4.78 is 52.5. The highest BCUT2D eigenvalue weighted by Gasteiger charge is 2.22. The van der Waals surface area contributed by atoms with E-state index >= 15 is 0 Å². The molecule has 288 valence electrons. The van der Waals surface area contributed by atoms with Crippen molar-refractivity contribution in [2.45, 2.75) is 39.8 Å². The topological polar surface area (TPSA) is 169 Å². The second-order valence-electron chi connectivity index (χ2n) is 11.6. The molecule has 0 atom stereocenters. The summed E-state index contributed by atoms with van der Waals surface area (Å²) in [6, 6.07) is 6.13. The average Bonchev–Trinajstić information content (AvgIpc) is 4.00. The minimum atomic E-state index is -0.511. The number of nitrogens with two attached hydrogens (primary N) is 1. The number of nitrogens with zero attached hydrogens (tertiary/aromatic N) is 6. The quantitative estimate of drug-likeness (QED) is 0.120. The van der Waals surface area contributed by atoms with Crippen LogP contribution in [0, 0.1) is 11.6 Å². The number of esters is 2. The summed E-state index contributed by atoms with van der Waals surface area (Å²) in [6.07, 6.45) is 7.59. The molecule has 0 saturated carbocycles. The number of benzene rings is 2. The third kappa shape index (κ3) is 8.66. The van der Waals surface area contributed by atoms with Gasteiger partial charge in [-0.15, -0.1) is 0 Å². The Morgan fingerprint density at radius 3 is 1.89 bits per heavy atom. The van der Waals surface area contributed by atoms with Gasteiger partial charge in [-0.25, -0.2) is 38.3 Å². The number of aromatic nitrogens is 6. The maximum atomic E-state index is 14.3. The molecule has 4 aromatic heterocycles. The number of anilines is 1. The van der Waals surface area contributed by atoms with Crippen molar-refractivity contribution in [2.75, 3.05) is 31.7 Å². The predicted molar refractivity (Wildman–Crippen MR) is 205 cm³/mol. The Kier molecular flexibility index (Phi) is 12.8. The van der Waals surface area contributed by atoms with Crippen LogP contribution in [0.25, 0.3) is 11.3 Å². The highest BCUT2D eigenvalue weighted by molar-refractivity contribution is 9.11. The summed E-state index contributed by atoms with van der Waals surface area (Å²) in [5, 5.41) is 3.37. The van der Waals surface area contributed by atoms with Gasteiger partial charge in [-0.1, -0.05) is 0 Å². The van der Waals surface area contributed by atoms with Crippen molar-refractivity contribution >= 4 is 72.6 Å². The molecule has 0 spiro atoms. The second-order valence-corrected chi connectivity index (χ2v) is 13.7. The zero-order valence-electron chi connectivity index (χ0n) is 29.4. The van der Waals surface area contributed by atoms with E-state index in [0.717, 1.165) is 23.3 Å². The van der Waals surface area contributed by atoms with Gasteiger partial charge in [0.15, 0.2) is 22.7 Å². The number of halogens is 5. The van der Waals surface area contributed by atoms with Crippen molar-refractivity contribution in [2.24, 2.45) is 5.73 Å². The van der Waals surface area contributed by atoms with E-state index in [1.165, 1.54) is 28.9 Å². The molecule has 0 amide bonds. The minimum absolute atomic E-state index is 0.175. The number of hydrogen-bond donors (Lipinski definition) is 2. The fourth-order valence-corrected chi connectivity index (χ4v) is 6.76. The molecule has 6 aromatic rings. The van der Waals surface area contributed by atoms with Crippen molar-refractivity contribution < 1.29 is 37.3 Å². The number of hydrogen-bond acceptors (Lipinski definition) is 12. The Bertz CT molecular complexity index is 2360. The molecule has 2 aliphatic heterocycles. The molecule has 2 aliphatic rings. The first-order chi connectivity index (χ1) is 26.5. The van der Waals surface area contributed by atoms with Crippen molar-refractivity contribution in [3.8, 4) is 11.5 Å². The molecule has 14 nitrogen and oxygen atoms in total. The van der Waals surface area contributed by atoms with Gasteiger partial charge in [0.25, 0.3) is 0 Å². The summed E-state index contributed by atoms with van der Waals surface area (Å²) >= 11 is 12.5. The molecule has 2 aromatic carbocycles. The van der Waals surface area contributed by atoms with E-state index in [0.29, 0.717) is 69.3 Å². The first-order valence-corrected chi connectivity index (χ1v) is 18.9. The predicted octanol–water partition coefficient (Wildman–Crippen LogP) is 6.90. The van der Waals surface area contributed by atoms with Gasteiger partial charge in [0.05, 0.1) is 35.4 Å². The first kappa shape index (κ1) is 39.8. The lowest BCUT2D eigenvalue weighted by molar-refractivity contribution is 0.0511. The van der Waals surface area contributed by atoms with Gasteiger partial charge in [-0.3, -0.25) is 8.80 Å². The van der Waals surface area contributed by atoms with Crippen LogP contribution in [0.1, 0.15) is 57.1 Å². The second kappa shape index (κ2) is 17.7. The van der Waals surface area contributed by atoms with Gasteiger partial charge in [0.2, 0.25) is 11.2 Å². The Labute approximate surface area is 334 Å². The van der Waals surface area contributed by atoms with E-state index in [1.807, 2.05) is 0 Å². The molecule has 55 heavy (non-hydrogen) atoms. The molecule has 0 saturated heterocycles. The van der Waals surface area contributed by atoms with Crippen LogP contribution in [0.5, 0.6) is 11.5 Å². The summed E-state index contributed by atoms with van der Waals surface area (Å²) in [5.74, 6) is 0.440. The largest absolute Gasteiger partial charge is 0.493 e. The smallest absolute Gasteiger partial charge is 0.358 e. The van der Waals surface area contributed by atoms with Crippen molar-refractivity contribution in [1.82, 2.24) is 28.7 Å². The Morgan fingerprint density at radius 1 is 0.836 bits per heavy atom. The van der Waals surface area contributed by atoms with Crippen LogP contribution in [-0.4, -0.2) is 67.1 Å². The van der Waals surface area contributed by atoms with Crippen LogP contribution in [0.4, 0.5) is 14.7 Å². The van der Waals surface area contributed by atoms with Crippen LogP contribution in [0.15, 0.2) is 58.0 Å². The Morgan fingerprint density at radius 2 is 1.35 bits per heavy atom. The van der Waals surface area contributed by atoms with Crippen LogP contribution >= 0.6 is 43.5 Å². The lowest BCUT2D eigenvalue weighted by Gasteiger charge is -2.12. The maximum Gasteiger partial charge on any atom is 0.358 e. The molecule has 0 fully saturated rings. The average molecular weight is 907 g/mol. The van der Waals surface area contributed by atoms with Crippen molar-refractivity contribution in [1.29, 1.82) is 0 Å². The number of ether oxygens (including phenoxy) is 4. The highest BCUT2D eigenvalue weighted by Crippen LogP contribution is 2.32. The van der Waals surface area contributed by atoms with Crippen LogP contribution in [-0.2, 0) is 35.4 Å². The zero-order valence-corrected chi connectivity index (χ0v) is 33.3. The Balaban J connectivity index is 0.000000155. The molecule has 3 N–H and O–H groups in total. The van der Waals surface area contributed by atoms with E-state index in [1.54, 1.807) is 42.8 Å². The number of carbonyl (C=O) groups excluding carboxylic acids is 2. The number of carbonyl (C=O) groups is 2. The third-order valence-corrected chi connectivity index (χ3v) is 9.73. The van der Waals surface area contributed by atoms with Crippen LogP contribution in [0.2, 0.25) is 5.28 Å². The highest BCUT2D eigenvalue weighted by atomic mass is 79.9. The fraction of sp³-hybridized carbons (Fsp3) is 0.278. The summed E-state index contributed by atoms with van der Waals surface area (Å²) in [5.41, 5.74) is 9.81. The molecular formula is C36H33Br2ClF2N8O6. The standard InChI is InChI=1S/C18H16BrFN4O3.C9H7BrClN3O2.C9H10FNO/c1-2-26-17(25)14-9-24-16(23-14)12(19)8-22-18(24)21-7-11-10-5-6-27-15(10)4-3-13(11)20;1-2-16-8(15)6-4-14-7(13-6)5(10)3-12-9(14)11;10-8-1-2-9-6(3-4-12-9)7(8)5-11/h3-4,8-9H,2,5-7H2,1H3,(H,21,22);3-4H,2H2,1H3;1-2H,3-5,11H2. The summed E-state index contributed by atoms with van der Waals surface area (Å²) in [6.45, 7) is 5.71. The number of rotatable bonds is 8. The lowest BCUT2D eigenvalue weighted by atomic mass is 10.0. The molecule has 0 radical (unpaired) electrons. The van der Waals surface area contributed by atoms with E-state index in [9.17, 15) is 18.4 Å². The number of nitrogens with one attached hydrogen (secondary N) is 1. The van der Waals surface area contributed by atoms with Crippen molar-refractivity contribution in [3.63, 3.8) is 0 Å². The molecule has 8 rings (SSSR count). The Hall–Kier alpha value is -4.91. The third-order valence-electron chi connectivity index (χ3n) is 8.33. The summed E-state index contributed by atoms with van der Waals surface area (Å²) in [4.78, 5) is 40.1. The molecule has 0 unspecified atom stereocenters. The summed E-state index contributed by atoms with van der Waals surface area (Å²) in [7, 11) is 0. The lowest BCUT2D eigenvalue weighted by Crippen LogP contribution is -2.09. The number of fused-ring (bicyclic) bond motifs is 4.